The Morgan fingerprint density at radius 3 is 2.29 bits per heavy atom. The Hall–Kier alpha value is -4.40. The molecule has 4 amide bonds. The summed E-state index contributed by atoms with van der Waals surface area (Å²) in [5, 5.41) is 2.75. The van der Waals surface area contributed by atoms with Gasteiger partial charge in [-0.3, -0.25) is 9.59 Å². The van der Waals surface area contributed by atoms with Gasteiger partial charge in [-0.15, -0.1) is 0 Å². The number of amides is 4. The number of halogens is 1. The van der Waals surface area contributed by atoms with E-state index in [0.717, 1.165) is 4.90 Å². The quantitative estimate of drug-likeness (QED) is 0.491. The highest BCUT2D eigenvalue weighted by Gasteiger charge is 2.46. The molecule has 1 N–H and O–H groups in total. The Morgan fingerprint density at radius 2 is 1.63 bits per heavy atom. The molecule has 9 heteroatoms. The van der Waals surface area contributed by atoms with Gasteiger partial charge in [-0.2, -0.15) is 0 Å². The molecule has 1 fully saturated rings. The molecule has 35 heavy (non-hydrogen) atoms. The number of rotatable bonds is 8. The van der Waals surface area contributed by atoms with Crippen LogP contribution in [0, 0.1) is 5.82 Å². The van der Waals surface area contributed by atoms with Crippen molar-refractivity contribution in [3.63, 3.8) is 0 Å². The Balaban J connectivity index is 1.59. The monoisotopic (exact) mass is 477 g/mol. The van der Waals surface area contributed by atoms with E-state index in [2.05, 4.69) is 5.32 Å². The standard InChI is InChI=1S/C26H24FN3O5/c1-34-21-12-10-19(11-13-21)28-24(31)15-23-25(32)30(20-4-3-5-22(14-20)35-2)26(33)29(23)16-17-6-8-18(27)9-7-17/h3-14,23H,15-16H2,1-2H3,(H,28,31)/t23-/m0/s1. The molecule has 3 aromatic rings. The molecule has 0 radical (unpaired) electrons. The first-order chi connectivity index (χ1) is 16.9. The number of carbonyl (C=O) groups is 3. The van der Waals surface area contributed by atoms with Gasteiger partial charge in [0, 0.05) is 18.3 Å². The highest BCUT2D eigenvalue weighted by molar-refractivity contribution is 6.22. The van der Waals surface area contributed by atoms with Gasteiger partial charge in [0.25, 0.3) is 5.91 Å². The van der Waals surface area contributed by atoms with Crippen LogP contribution in [0.4, 0.5) is 20.6 Å². The fraction of sp³-hybridized carbons (Fsp3) is 0.192. The fourth-order valence-electron chi connectivity index (χ4n) is 3.85. The summed E-state index contributed by atoms with van der Waals surface area (Å²) >= 11 is 0. The Morgan fingerprint density at radius 1 is 0.943 bits per heavy atom. The van der Waals surface area contributed by atoms with Crippen LogP contribution in [-0.2, 0) is 16.1 Å². The number of imide groups is 1. The number of hydrogen-bond donors (Lipinski definition) is 1. The summed E-state index contributed by atoms with van der Waals surface area (Å²) in [4.78, 5) is 42.0. The van der Waals surface area contributed by atoms with Gasteiger partial charge in [0.2, 0.25) is 5.91 Å². The van der Waals surface area contributed by atoms with Gasteiger partial charge < -0.3 is 19.7 Å². The molecule has 8 nitrogen and oxygen atoms in total. The largest absolute Gasteiger partial charge is 0.497 e. The summed E-state index contributed by atoms with van der Waals surface area (Å²) in [6.45, 7) is 0.0335. The number of nitrogens with one attached hydrogen (secondary N) is 1. The Kier molecular flexibility index (Phi) is 6.96. The average Bonchev–Trinajstić information content (AvgIpc) is 3.09. The SMILES string of the molecule is COc1ccc(NC(=O)C[C@H]2C(=O)N(c3cccc(OC)c3)C(=O)N2Cc2ccc(F)cc2)cc1. The first-order valence-electron chi connectivity index (χ1n) is 10.9. The van der Waals surface area contributed by atoms with Gasteiger partial charge in [-0.1, -0.05) is 18.2 Å². The molecule has 1 atom stereocenters. The molecule has 0 spiro atoms. The zero-order valence-electron chi connectivity index (χ0n) is 19.2. The summed E-state index contributed by atoms with van der Waals surface area (Å²) in [5.41, 5.74) is 1.49. The van der Waals surface area contributed by atoms with Crippen molar-refractivity contribution in [3.05, 3.63) is 84.2 Å². The molecule has 0 aromatic heterocycles. The fourth-order valence-corrected chi connectivity index (χ4v) is 3.85. The molecule has 180 valence electrons. The number of anilines is 2. The van der Waals surface area contributed by atoms with Crippen LogP contribution in [0.2, 0.25) is 0 Å². The van der Waals surface area contributed by atoms with Crippen molar-refractivity contribution >= 4 is 29.2 Å². The number of carbonyl (C=O) groups excluding carboxylic acids is 3. The van der Waals surface area contributed by atoms with Crippen molar-refractivity contribution in [2.45, 2.75) is 19.0 Å². The first kappa shape index (κ1) is 23.7. The zero-order valence-corrected chi connectivity index (χ0v) is 19.2. The number of hydrogen-bond acceptors (Lipinski definition) is 5. The van der Waals surface area contributed by atoms with Gasteiger partial charge >= 0.3 is 6.03 Å². The van der Waals surface area contributed by atoms with Crippen molar-refractivity contribution in [1.82, 2.24) is 4.90 Å². The lowest BCUT2D eigenvalue weighted by Crippen LogP contribution is -2.37. The normalized spacial score (nSPS) is 15.3. The second-order valence-electron chi connectivity index (χ2n) is 7.91. The molecule has 1 saturated heterocycles. The van der Waals surface area contributed by atoms with Gasteiger partial charge in [-0.05, 0) is 54.1 Å². The van der Waals surface area contributed by atoms with Crippen LogP contribution in [0.15, 0.2) is 72.8 Å². The lowest BCUT2D eigenvalue weighted by atomic mass is 10.1. The van der Waals surface area contributed by atoms with Crippen LogP contribution in [-0.4, -0.2) is 43.0 Å². The number of ether oxygens (including phenoxy) is 2. The van der Waals surface area contributed by atoms with Crippen LogP contribution < -0.4 is 19.7 Å². The van der Waals surface area contributed by atoms with Crippen LogP contribution in [0.5, 0.6) is 11.5 Å². The van der Waals surface area contributed by atoms with Crippen molar-refractivity contribution in [2.75, 3.05) is 24.4 Å². The molecule has 1 heterocycles. The van der Waals surface area contributed by atoms with Gasteiger partial charge in [0.05, 0.1) is 26.3 Å². The van der Waals surface area contributed by atoms with E-state index in [1.807, 2.05) is 0 Å². The third kappa shape index (κ3) is 5.24. The first-order valence-corrected chi connectivity index (χ1v) is 10.9. The van der Waals surface area contributed by atoms with Crippen molar-refractivity contribution < 1.29 is 28.2 Å². The summed E-state index contributed by atoms with van der Waals surface area (Å²) in [5.74, 6) is -0.257. The molecule has 0 unspecified atom stereocenters. The van der Waals surface area contributed by atoms with Crippen LogP contribution >= 0.6 is 0 Å². The van der Waals surface area contributed by atoms with Crippen LogP contribution in [0.3, 0.4) is 0 Å². The summed E-state index contributed by atoms with van der Waals surface area (Å²) in [7, 11) is 3.03. The second-order valence-corrected chi connectivity index (χ2v) is 7.91. The summed E-state index contributed by atoms with van der Waals surface area (Å²) in [6.07, 6.45) is -0.252. The van der Waals surface area contributed by atoms with E-state index >= 15 is 0 Å². The summed E-state index contributed by atoms with van der Waals surface area (Å²) in [6, 6.07) is 17.3. The minimum atomic E-state index is -1.04. The van der Waals surface area contributed by atoms with Crippen molar-refractivity contribution in [2.24, 2.45) is 0 Å². The molecular formula is C26H24FN3O5. The van der Waals surface area contributed by atoms with E-state index < -0.39 is 29.7 Å². The van der Waals surface area contributed by atoms with E-state index in [-0.39, 0.29) is 13.0 Å². The van der Waals surface area contributed by atoms with Crippen molar-refractivity contribution in [1.29, 1.82) is 0 Å². The predicted molar refractivity (Wildman–Crippen MR) is 128 cm³/mol. The number of methoxy groups -OCH3 is 2. The van der Waals surface area contributed by atoms with Crippen LogP contribution in [0.1, 0.15) is 12.0 Å². The van der Waals surface area contributed by atoms with Gasteiger partial charge in [0.1, 0.15) is 23.4 Å². The maximum absolute atomic E-state index is 13.4. The lowest BCUT2D eigenvalue weighted by Gasteiger charge is -2.21. The number of nitrogens with zero attached hydrogens (tertiary/aromatic N) is 2. The highest BCUT2D eigenvalue weighted by Crippen LogP contribution is 2.30. The van der Waals surface area contributed by atoms with E-state index in [1.165, 1.54) is 36.3 Å². The van der Waals surface area contributed by atoms with Crippen LogP contribution in [0.25, 0.3) is 0 Å². The lowest BCUT2D eigenvalue weighted by molar-refractivity contribution is -0.124. The molecular weight excluding hydrogens is 453 g/mol. The third-order valence-electron chi connectivity index (χ3n) is 5.65. The number of benzene rings is 3. The highest BCUT2D eigenvalue weighted by atomic mass is 19.1. The number of urea groups is 1. The topological polar surface area (TPSA) is 88.2 Å². The summed E-state index contributed by atoms with van der Waals surface area (Å²) < 4.78 is 23.7. The predicted octanol–water partition coefficient (Wildman–Crippen LogP) is 4.21. The zero-order chi connectivity index (χ0) is 24.9. The second kappa shape index (κ2) is 10.3. The van der Waals surface area contributed by atoms with E-state index in [1.54, 1.807) is 55.6 Å². The molecule has 1 aliphatic rings. The Bertz CT molecular complexity index is 1230. The molecule has 0 aliphatic carbocycles. The maximum Gasteiger partial charge on any atom is 0.332 e. The molecule has 0 saturated carbocycles. The molecule has 4 rings (SSSR count). The Labute approximate surface area is 201 Å². The molecule has 0 bridgehead atoms. The van der Waals surface area contributed by atoms with Gasteiger partial charge in [-0.25, -0.2) is 14.1 Å². The molecule has 3 aromatic carbocycles. The minimum Gasteiger partial charge on any atom is -0.497 e. The molecule has 1 aliphatic heterocycles. The van der Waals surface area contributed by atoms with E-state index in [9.17, 15) is 18.8 Å². The van der Waals surface area contributed by atoms with E-state index in [0.29, 0.717) is 28.4 Å². The maximum atomic E-state index is 13.4. The van der Waals surface area contributed by atoms with Crippen molar-refractivity contribution in [3.8, 4) is 11.5 Å². The minimum absolute atomic E-state index is 0.0335. The smallest absolute Gasteiger partial charge is 0.332 e. The van der Waals surface area contributed by atoms with E-state index in [4.69, 9.17) is 9.47 Å². The average molecular weight is 477 g/mol. The van der Waals surface area contributed by atoms with Gasteiger partial charge in [0.15, 0.2) is 0 Å². The third-order valence-corrected chi connectivity index (χ3v) is 5.65.